The number of rotatable bonds is 4. The first kappa shape index (κ1) is 9.97. The minimum absolute atomic E-state index is 0.219. The van der Waals surface area contributed by atoms with E-state index in [1.54, 1.807) is 6.07 Å². The van der Waals surface area contributed by atoms with Crippen LogP contribution in [-0.4, -0.2) is 16.5 Å². The van der Waals surface area contributed by atoms with E-state index >= 15 is 0 Å². The molecule has 2 rings (SSSR count). The highest BCUT2D eigenvalue weighted by atomic mass is 15.3. The monoisotopic (exact) mass is 208 g/mol. The van der Waals surface area contributed by atoms with Crippen molar-refractivity contribution in [3.05, 3.63) is 6.07 Å². The molecule has 1 saturated carbocycles. The zero-order valence-corrected chi connectivity index (χ0v) is 8.70. The first-order chi connectivity index (χ1) is 7.19. The van der Waals surface area contributed by atoms with Crippen LogP contribution in [0.1, 0.15) is 13.3 Å². The summed E-state index contributed by atoms with van der Waals surface area (Å²) in [5.74, 6) is 8.30. The third-order valence-electron chi connectivity index (χ3n) is 2.71. The topological polar surface area (TPSA) is 102 Å². The molecule has 0 spiro atoms. The Kier molecular flexibility index (Phi) is 2.59. The Morgan fingerprint density at radius 3 is 2.73 bits per heavy atom. The number of aromatic nitrogens is 2. The van der Waals surface area contributed by atoms with Crippen molar-refractivity contribution in [2.24, 2.45) is 17.7 Å². The van der Waals surface area contributed by atoms with Gasteiger partial charge in [-0.3, -0.25) is 0 Å². The maximum absolute atomic E-state index is 5.53. The third-order valence-corrected chi connectivity index (χ3v) is 2.71. The van der Waals surface area contributed by atoms with Crippen molar-refractivity contribution < 1.29 is 0 Å². The van der Waals surface area contributed by atoms with Crippen LogP contribution in [0.25, 0.3) is 0 Å². The van der Waals surface area contributed by atoms with Crippen molar-refractivity contribution in [3.8, 4) is 0 Å². The Bertz CT molecular complexity index is 352. The van der Waals surface area contributed by atoms with Crippen LogP contribution in [0.4, 0.5) is 17.6 Å². The predicted molar refractivity (Wildman–Crippen MR) is 60.0 cm³/mol. The molecule has 0 saturated heterocycles. The molecule has 1 aliphatic rings. The lowest BCUT2D eigenvalue weighted by Crippen LogP contribution is -2.13. The summed E-state index contributed by atoms with van der Waals surface area (Å²) in [5.41, 5.74) is 7.98. The van der Waals surface area contributed by atoms with Crippen LogP contribution in [-0.2, 0) is 0 Å². The summed E-state index contributed by atoms with van der Waals surface area (Å²) in [6.07, 6.45) is 1.29. The Hall–Kier alpha value is -1.56. The van der Waals surface area contributed by atoms with Gasteiger partial charge in [-0.05, 0) is 18.3 Å². The number of nitrogens with two attached hydrogens (primary N) is 2. The van der Waals surface area contributed by atoms with E-state index in [0.717, 1.165) is 24.2 Å². The number of anilines is 3. The highest BCUT2D eigenvalue weighted by Gasteiger charge is 2.31. The van der Waals surface area contributed by atoms with Gasteiger partial charge in [-0.25, -0.2) is 5.84 Å². The normalized spacial score (nSPS) is 23.6. The SMILES string of the molecule is CC1CC1CNc1cc(NN)nc(N)n1. The number of nitrogens with one attached hydrogen (secondary N) is 2. The van der Waals surface area contributed by atoms with Crippen molar-refractivity contribution in [2.45, 2.75) is 13.3 Å². The lowest BCUT2D eigenvalue weighted by Gasteiger charge is -2.07. The number of nitrogen functional groups attached to an aromatic ring is 2. The average molecular weight is 208 g/mol. The summed E-state index contributed by atoms with van der Waals surface area (Å²) in [4.78, 5) is 7.97. The summed E-state index contributed by atoms with van der Waals surface area (Å²) in [7, 11) is 0. The molecule has 1 fully saturated rings. The average Bonchev–Trinajstić information content (AvgIpc) is 2.91. The zero-order chi connectivity index (χ0) is 10.8. The van der Waals surface area contributed by atoms with Crippen molar-refractivity contribution in [3.63, 3.8) is 0 Å². The smallest absolute Gasteiger partial charge is 0.223 e. The first-order valence-electron chi connectivity index (χ1n) is 5.04. The van der Waals surface area contributed by atoms with E-state index < -0.39 is 0 Å². The molecular weight excluding hydrogens is 192 g/mol. The molecule has 2 atom stereocenters. The second-order valence-corrected chi connectivity index (χ2v) is 3.99. The van der Waals surface area contributed by atoms with Crippen molar-refractivity contribution in [2.75, 3.05) is 23.0 Å². The van der Waals surface area contributed by atoms with Crippen molar-refractivity contribution >= 4 is 17.6 Å². The fraction of sp³-hybridized carbons (Fsp3) is 0.556. The fourth-order valence-corrected chi connectivity index (χ4v) is 1.55. The third kappa shape index (κ3) is 2.47. The van der Waals surface area contributed by atoms with Gasteiger partial charge in [-0.2, -0.15) is 9.97 Å². The summed E-state index contributed by atoms with van der Waals surface area (Å²) >= 11 is 0. The van der Waals surface area contributed by atoms with E-state index in [0.29, 0.717) is 5.82 Å². The molecule has 6 nitrogen and oxygen atoms in total. The van der Waals surface area contributed by atoms with Crippen LogP contribution in [0.2, 0.25) is 0 Å². The number of hydrogen-bond donors (Lipinski definition) is 4. The molecule has 0 radical (unpaired) electrons. The highest BCUT2D eigenvalue weighted by molar-refractivity contribution is 5.50. The molecule has 15 heavy (non-hydrogen) atoms. The molecule has 0 aliphatic heterocycles. The Balaban J connectivity index is 1.97. The first-order valence-corrected chi connectivity index (χ1v) is 5.04. The molecule has 1 aliphatic carbocycles. The van der Waals surface area contributed by atoms with Crippen molar-refractivity contribution in [1.29, 1.82) is 0 Å². The van der Waals surface area contributed by atoms with Crippen LogP contribution in [0.15, 0.2) is 6.07 Å². The Morgan fingerprint density at radius 1 is 1.47 bits per heavy atom. The minimum atomic E-state index is 0.219. The van der Waals surface area contributed by atoms with Crippen LogP contribution in [0.5, 0.6) is 0 Å². The van der Waals surface area contributed by atoms with E-state index in [4.69, 9.17) is 11.6 Å². The van der Waals surface area contributed by atoms with E-state index in [9.17, 15) is 0 Å². The highest BCUT2D eigenvalue weighted by Crippen LogP contribution is 2.37. The lowest BCUT2D eigenvalue weighted by atomic mass is 10.3. The molecule has 0 bridgehead atoms. The number of hydrazine groups is 1. The van der Waals surface area contributed by atoms with Gasteiger partial charge in [0.25, 0.3) is 0 Å². The molecule has 1 aromatic rings. The van der Waals surface area contributed by atoms with Gasteiger partial charge in [-0.15, -0.1) is 0 Å². The largest absolute Gasteiger partial charge is 0.370 e. The Morgan fingerprint density at radius 2 is 2.13 bits per heavy atom. The van der Waals surface area contributed by atoms with Gasteiger partial charge in [0.05, 0.1) is 0 Å². The summed E-state index contributed by atoms with van der Waals surface area (Å²) in [5, 5.41) is 3.23. The van der Waals surface area contributed by atoms with Crippen LogP contribution >= 0.6 is 0 Å². The minimum Gasteiger partial charge on any atom is -0.370 e. The molecule has 6 heteroatoms. The maximum atomic E-state index is 5.53. The lowest BCUT2D eigenvalue weighted by molar-refractivity contribution is 0.784. The quantitative estimate of drug-likeness (QED) is 0.422. The standard InChI is InChI=1S/C9H16N6/c1-5-2-6(5)4-12-7-3-8(15-11)14-9(10)13-7/h3,5-6H,2,4,11H2,1H3,(H4,10,12,13,14,15). The van der Waals surface area contributed by atoms with Gasteiger partial charge < -0.3 is 16.5 Å². The molecule has 0 aromatic carbocycles. The second-order valence-electron chi connectivity index (χ2n) is 3.99. The summed E-state index contributed by atoms with van der Waals surface area (Å²) < 4.78 is 0. The fourth-order valence-electron chi connectivity index (χ4n) is 1.55. The van der Waals surface area contributed by atoms with Gasteiger partial charge in [-0.1, -0.05) is 6.92 Å². The maximum Gasteiger partial charge on any atom is 0.223 e. The van der Waals surface area contributed by atoms with Crippen LogP contribution < -0.4 is 22.3 Å². The van der Waals surface area contributed by atoms with Gasteiger partial charge in [0.2, 0.25) is 5.95 Å². The molecular formula is C9H16N6. The van der Waals surface area contributed by atoms with Gasteiger partial charge in [0.1, 0.15) is 11.6 Å². The van der Waals surface area contributed by atoms with Gasteiger partial charge in [0, 0.05) is 12.6 Å². The van der Waals surface area contributed by atoms with Gasteiger partial charge in [0.15, 0.2) is 0 Å². The van der Waals surface area contributed by atoms with E-state index in [1.165, 1.54) is 6.42 Å². The number of nitrogens with zero attached hydrogens (tertiary/aromatic N) is 2. The van der Waals surface area contributed by atoms with E-state index in [2.05, 4.69) is 27.6 Å². The molecule has 0 amide bonds. The molecule has 1 aromatic heterocycles. The molecule has 82 valence electrons. The van der Waals surface area contributed by atoms with Crippen LogP contribution in [0, 0.1) is 11.8 Å². The van der Waals surface area contributed by atoms with Crippen molar-refractivity contribution in [1.82, 2.24) is 9.97 Å². The second kappa shape index (κ2) is 3.90. The molecule has 2 unspecified atom stereocenters. The zero-order valence-electron chi connectivity index (χ0n) is 8.70. The van der Waals surface area contributed by atoms with E-state index in [1.807, 2.05) is 0 Å². The molecule has 6 N–H and O–H groups in total. The summed E-state index contributed by atoms with van der Waals surface area (Å²) in [6.45, 7) is 3.18. The molecule has 1 heterocycles. The van der Waals surface area contributed by atoms with Gasteiger partial charge >= 0.3 is 0 Å². The van der Waals surface area contributed by atoms with Crippen LogP contribution in [0.3, 0.4) is 0 Å². The number of hydrogen-bond acceptors (Lipinski definition) is 6. The predicted octanol–water partition coefficient (Wildman–Crippen LogP) is 0.412. The Labute approximate surface area is 88.4 Å². The summed E-state index contributed by atoms with van der Waals surface area (Å²) in [6, 6.07) is 1.74. The van der Waals surface area contributed by atoms with E-state index in [-0.39, 0.29) is 5.95 Å².